The second-order valence-electron chi connectivity index (χ2n) is 4.87. The summed E-state index contributed by atoms with van der Waals surface area (Å²) in [6, 6.07) is 14.5. The molecule has 0 unspecified atom stereocenters. The van der Waals surface area contributed by atoms with E-state index in [1.165, 1.54) is 0 Å². The highest BCUT2D eigenvalue weighted by molar-refractivity contribution is 5.92. The molecule has 1 amide bonds. The largest absolute Gasteiger partial charge is 0.508 e. The summed E-state index contributed by atoms with van der Waals surface area (Å²) in [5.74, 6) is 0.136. The zero-order valence-corrected chi connectivity index (χ0v) is 12.1. The molecule has 0 heterocycles. The van der Waals surface area contributed by atoms with Gasteiger partial charge in [-0.25, -0.2) is 0 Å². The minimum atomic E-state index is -0.0682. The first kappa shape index (κ1) is 15.1. The van der Waals surface area contributed by atoms with Crippen molar-refractivity contribution >= 4 is 11.6 Å². The van der Waals surface area contributed by atoms with Crippen LogP contribution in [0.15, 0.2) is 48.5 Å². The van der Waals surface area contributed by atoms with Crippen molar-refractivity contribution in [3.8, 4) is 5.75 Å². The van der Waals surface area contributed by atoms with E-state index in [2.05, 4.69) is 17.6 Å². The molecule has 0 spiro atoms. The Labute approximate surface area is 124 Å². The van der Waals surface area contributed by atoms with E-state index in [0.717, 1.165) is 29.9 Å². The fourth-order valence-electron chi connectivity index (χ4n) is 2.03. The highest BCUT2D eigenvalue weighted by Gasteiger charge is 2.05. The van der Waals surface area contributed by atoms with E-state index in [0.29, 0.717) is 0 Å². The van der Waals surface area contributed by atoms with Gasteiger partial charge in [0, 0.05) is 12.2 Å². The minimum Gasteiger partial charge on any atom is -0.508 e. The summed E-state index contributed by atoms with van der Waals surface area (Å²) in [4.78, 5) is 12.0. The molecular weight excluding hydrogens is 264 g/mol. The Morgan fingerprint density at radius 2 is 1.86 bits per heavy atom. The molecule has 2 aromatic carbocycles. The minimum absolute atomic E-state index is 0.0682. The van der Waals surface area contributed by atoms with Crippen LogP contribution in [-0.4, -0.2) is 17.6 Å². The number of anilines is 1. The van der Waals surface area contributed by atoms with Crippen molar-refractivity contribution in [1.29, 1.82) is 0 Å². The Balaban J connectivity index is 1.94. The Bertz CT molecular complexity index is 594. The first-order valence-corrected chi connectivity index (χ1v) is 7.05. The van der Waals surface area contributed by atoms with Gasteiger partial charge in [0.15, 0.2) is 0 Å². The van der Waals surface area contributed by atoms with Crippen LogP contribution >= 0.6 is 0 Å². The van der Waals surface area contributed by atoms with Crippen molar-refractivity contribution in [3.05, 3.63) is 59.7 Å². The molecular formula is C17H20N2O2. The summed E-state index contributed by atoms with van der Waals surface area (Å²) < 4.78 is 0. The molecule has 0 aliphatic rings. The number of phenolic OH excluding ortho intramolecular Hbond substituents is 1. The van der Waals surface area contributed by atoms with Crippen LogP contribution < -0.4 is 10.6 Å². The topological polar surface area (TPSA) is 61.4 Å². The molecule has 0 aliphatic carbocycles. The Morgan fingerprint density at radius 1 is 1.10 bits per heavy atom. The normalized spacial score (nSPS) is 10.3. The van der Waals surface area contributed by atoms with Gasteiger partial charge in [-0.2, -0.15) is 0 Å². The van der Waals surface area contributed by atoms with Gasteiger partial charge in [0.05, 0.1) is 6.42 Å². The molecule has 0 atom stereocenters. The van der Waals surface area contributed by atoms with Crippen molar-refractivity contribution < 1.29 is 9.90 Å². The molecule has 110 valence electrons. The van der Waals surface area contributed by atoms with E-state index in [9.17, 15) is 9.90 Å². The molecule has 0 fully saturated rings. The molecule has 3 N–H and O–H groups in total. The number of nitrogens with one attached hydrogen (secondary N) is 2. The third kappa shape index (κ3) is 4.93. The Hall–Kier alpha value is -2.33. The summed E-state index contributed by atoms with van der Waals surface area (Å²) in [6.45, 7) is 3.76. The molecule has 4 heteroatoms. The SMILES string of the molecule is CCNCc1cccc(NC(=O)Cc2ccc(O)cc2)c1. The summed E-state index contributed by atoms with van der Waals surface area (Å²) in [5.41, 5.74) is 2.81. The summed E-state index contributed by atoms with van der Waals surface area (Å²) in [7, 11) is 0. The van der Waals surface area contributed by atoms with Crippen molar-refractivity contribution in [2.24, 2.45) is 0 Å². The number of amides is 1. The van der Waals surface area contributed by atoms with Crippen LogP contribution in [0.1, 0.15) is 18.1 Å². The van der Waals surface area contributed by atoms with E-state index >= 15 is 0 Å². The van der Waals surface area contributed by atoms with Crippen LogP contribution in [-0.2, 0) is 17.8 Å². The van der Waals surface area contributed by atoms with Gasteiger partial charge in [-0.3, -0.25) is 4.79 Å². The number of carbonyl (C=O) groups is 1. The molecule has 0 aliphatic heterocycles. The van der Waals surface area contributed by atoms with E-state index in [1.54, 1.807) is 24.3 Å². The predicted octanol–water partition coefficient (Wildman–Crippen LogP) is 2.68. The summed E-state index contributed by atoms with van der Waals surface area (Å²) in [6.07, 6.45) is 0.289. The molecule has 4 nitrogen and oxygen atoms in total. The number of benzene rings is 2. The number of phenols is 1. The number of carbonyl (C=O) groups excluding carboxylic acids is 1. The average molecular weight is 284 g/mol. The van der Waals surface area contributed by atoms with Gasteiger partial charge in [-0.05, 0) is 41.9 Å². The van der Waals surface area contributed by atoms with Gasteiger partial charge in [-0.15, -0.1) is 0 Å². The first-order valence-electron chi connectivity index (χ1n) is 7.05. The molecule has 0 saturated carbocycles. The summed E-state index contributed by atoms with van der Waals surface area (Å²) in [5, 5.41) is 15.4. The molecule has 2 aromatic rings. The first-order chi connectivity index (χ1) is 10.2. The highest BCUT2D eigenvalue weighted by Crippen LogP contribution is 2.13. The number of aromatic hydroxyl groups is 1. The summed E-state index contributed by atoms with van der Waals surface area (Å²) >= 11 is 0. The van der Waals surface area contributed by atoms with Gasteiger partial charge < -0.3 is 15.7 Å². The van der Waals surface area contributed by atoms with Crippen molar-refractivity contribution in [2.75, 3.05) is 11.9 Å². The molecule has 0 bridgehead atoms. The average Bonchev–Trinajstić information content (AvgIpc) is 2.48. The van der Waals surface area contributed by atoms with Gasteiger partial charge in [-0.1, -0.05) is 31.2 Å². The predicted molar refractivity (Wildman–Crippen MR) is 84.3 cm³/mol. The molecule has 0 aromatic heterocycles. The lowest BCUT2D eigenvalue weighted by Crippen LogP contribution is -2.15. The van der Waals surface area contributed by atoms with E-state index < -0.39 is 0 Å². The second-order valence-corrected chi connectivity index (χ2v) is 4.87. The molecule has 0 radical (unpaired) electrons. The fourth-order valence-corrected chi connectivity index (χ4v) is 2.03. The third-order valence-corrected chi connectivity index (χ3v) is 3.09. The van der Waals surface area contributed by atoms with E-state index in [1.807, 2.05) is 24.3 Å². The standard InChI is InChI=1S/C17H20N2O2/c1-2-18-12-14-4-3-5-15(10-14)19-17(21)11-13-6-8-16(20)9-7-13/h3-10,18,20H,2,11-12H2,1H3,(H,19,21). The fraction of sp³-hybridized carbons (Fsp3) is 0.235. The van der Waals surface area contributed by atoms with Gasteiger partial charge >= 0.3 is 0 Å². The van der Waals surface area contributed by atoms with Crippen LogP contribution in [0.2, 0.25) is 0 Å². The highest BCUT2D eigenvalue weighted by atomic mass is 16.3. The Morgan fingerprint density at radius 3 is 2.57 bits per heavy atom. The van der Waals surface area contributed by atoms with Gasteiger partial charge in [0.2, 0.25) is 5.91 Å². The zero-order valence-electron chi connectivity index (χ0n) is 12.1. The van der Waals surface area contributed by atoms with E-state index in [4.69, 9.17) is 0 Å². The van der Waals surface area contributed by atoms with Crippen LogP contribution in [0.3, 0.4) is 0 Å². The van der Waals surface area contributed by atoms with Crippen molar-refractivity contribution in [1.82, 2.24) is 5.32 Å². The maximum Gasteiger partial charge on any atom is 0.228 e. The number of hydrogen-bond acceptors (Lipinski definition) is 3. The quantitative estimate of drug-likeness (QED) is 0.764. The van der Waals surface area contributed by atoms with Crippen LogP contribution in [0.5, 0.6) is 5.75 Å². The van der Waals surface area contributed by atoms with Crippen LogP contribution in [0.4, 0.5) is 5.69 Å². The van der Waals surface area contributed by atoms with Crippen LogP contribution in [0, 0.1) is 0 Å². The second kappa shape index (κ2) is 7.45. The van der Waals surface area contributed by atoms with Crippen molar-refractivity contribution in [2.45, 2.75) is 19.9 Å². The van der Waals surface area contributed by atoms with Gasteiger partial charge in [0.1, 0.15) is 5.75 Å². The molecule has 0 saturated heterocycles. The number of rotatable bonds is 6. The monoisotopic (exact) mass is 284 g/mol. The molecule has 2 rings (SSSR count). The van der Waals surface area contributed by atoms with E-state index in [-0.39, 0.29) is 18.1 Å². The van der Waals surface area contributed by atoms with Crippen molar-refractivity contribution in [3.63, 3.8) is 0 Å². The molecule has 21 heavy (non-hydrogen) atoms. The lowest BCUT2D eigenvalue weighted by atomic mass is 10.1. The zero-order chi connectivity index (χ0) is 15.1. The Kier molecular flexibility index (Phi) is 5.35. The lowest BCUT2D eigenvalue weighted by molar-refractivity contribution is -0.115. The van der Waals surface area contributed by atoms with Crippen LogP contribution in [0.25, 0.3) is 0 Å². The number of hydrogen-bond donors (Lipinski definition) is 3. The maximum absolute atomic E-state index is 12.0. The maximum atomic E-state index is 12.0. The third-order valence-electron chi connectivity index (χ3n) is 3.09. The smallest absolute Gasteiger partial charge is 0.228 e. The van der Waals surface area contributed by atoms with Gasteiger partial charge in [0.25, 0.3) is 0 Å². The lowest BCUT2D eigenvalue weighted by Gasteiger charge is -2.08.